The third kappa shape index (κ3) is 2.69. The number of carbonyl (C=O) groups excluding carboxylic acids is 2. The molecule has 0 unspecified atom stereocenters. The molecule has 0 atom stereocenters. The minimum atomic E-state index is -0.493. The number of hydrogen-bond acceptors (Lipinski definition) is 3. The number of carbonyl (C=O) groups is 2. The predicted octanol–water partition coefficient (Wildman–Crippen LogP) is 3.97. The molecule has 128 valence electrons. The predicted molar refractivity (Wildman–Crippen MR) is 99.8 cm³/mol. The summed E-state index contributed by atoms with van der Waals surface area (Å²) in [5.74, 6) is -0.694. The van der Waals surface area contributed by atoms with Crippen LogP contribution in [0.3, 0.4) is 0 Å². The van der Waals surface area contributed by atoms with Crippen LogP contribution >= 0.6 is 0 Å². The summed E-state index contributed by atoms with van der Waals surface area (Å²) in [5.41, 5.74) is 6.75. The van der Waals surface area contributed by atoms with Gasteiger partial charge in [0.2, 0.25) is 0 Å². The molecule has 0 saturated carbocycles. The summed E-state index contributed by atoms with van der Waals surface area (Å²) in [6.07, 6.45) is 0. The molecule has 0 radical (unpaired) electrons. The SMILES string of the molecule is Cc1c(C(=O)NNC(=O)c2cccc3ccccc23)oc2ccccc12. The number of hydrogen-bond donors (Lipinski definition) is 2. The Balaban J connectivity index is 1.55. The van der Waals surface area contributed by atoms with E-state index < -0.39 is 5.91 Å². The third-order valence-electron chi connectivity index (χ3n) is 4.37. The van der Waals surface area contributed by atoms with Crippen LogP contribution in [0.5, 0.6) is 0 Å². The van der Waals surface area contributed by atoms with E-state index in [4.69, 9.17) is 4.42 Å². The number of fused-ring (bicyclic) bond motifs is 2. The average molecular weight is 344 g/mol. The highest BCUT2D eigenvalue weighted by Crippen LogP contribution is 2.24. The van der Waals surface area contributed by atoms with E-state index in [1.165, 1.54) is 0 Å². The van der Waals surface area contributed by atoms with Crippen LogP contribution in [0.25, 0.3) is 21.7 Å². The molecule has 0 aliphatic heterocycles. The lowest BCUT2D eigenvalue weighted by atomic mass is 10.0. The number of hydrazine groups is 1. The van der Waals surface area contributed by atoms with Gasteiger partial charge in [-0.2, -0.15) is 0 Å². The van der Waals surface area contributed by atoms with Crippen molar-refractivity contribution in [3.05, 3.63) is 83.6 Å². The normalized spacial score (nSPS) is 10.8. The summed E-state index contributed by atoms with van der Waals surface area (Å²) in [6, 6.07) is 20.5. The fraction of sp³-hybridized carbons (Fsp3) is 0.0476. The molecule has 3 aromatic carbocycles. The van der Waals surface area contributed by atoms with Crippen molar-refractivity contribution in [1.29, 1.82) is 0 Å². The van der Waals surface area contributed by atoms with Gasteiger partial charge >= 0.3 is 5.91 Å². The van der Waals surface area contributed by atoms with Gasteiger partial charge in [-0.1, -0.05) is 54.6 Å². The molecule has 0 aliphatic rings. The Morgan fingerprint density at radius 3 is 2.23 bits per heavy atom. The maximum atomic E-state index is 12.5. The van der Waals surface area contributed by atoms with E-state index in [0.717, 1.165) is 21.7 Å². The van der Waals surface area contributed by atoms with Gasteiger partial charge in [0.05, 0.1) is 0 Å². The molecule has 5 heteroatoms. The first kappa shape index (κ1) is 15.9. The van der Waals surface area contributed by atoms with E-state index in [2.05, 4.69) is 10.9 Å². The van der Waals surface area contributed by atoms with Crippen LogP contribution in [0.1, 0.15) is 26.5 Å². The third-order valence-corrected chi connectivity index (χ3v) is 4.37. The molecule has 1 heterocycles. The second kappa shape index (κ2) is 6.37. The zero-order valence-corrected chi connectivity index (χ0v) is 14.1. The lowest BCUT2D eigenvalue weighted by molar-refractivity contribution is 0.0832. The smallest absolute Gasteiger partial charge is 0.305 e. The monoisotopic (exact) mass is 344 g/mol. The van der Waals surface area contributed by atoms with E-state index >= 15 is 0 Å². The molecule has 2 N–H and O–H groups in total. The van der Waals surface area contributed by atoms with Crippen LogP contribution in [0.4, 0.5) is 0 Å². The zero-order valence-electron chi connectivity index (χ0n) is 14.1. The summed E-state index contributed by atoms with van der Waals surface area (Å²) in [4.78, 5) is 24.9. The largest absolute Gasteiger partial charge is 0.451 e. The topological polar surface area (TPSA) is 71.3 Å². The molecule has 0 bridgehead atoms. The summed E-state index contributed by atoms with van der Waals surface area (Å²) in [7, 11) is 0. The zero-order chi connectivity index (χ0) is 18.1. The molecule has 4 rings (SSSR count). The van der Waals surface area contributed by atoms with E-state index in [-0.39, 0.29) is 11.7 Å². The van der Waals surface area contributed by atoms with Gasteiger partial charge in [-0.25, -0.2) is 0 Å². The average Bonchev–Trinajstić information content (AvgIpc) is 3.02. The van der Waals surface area contributed by atoms with Crippen molar-refractivity contribution in [1.82, 2.24) is 10.9 Å². The highest BCUT2D eigenvalue weighted by molar-refractivity contribution is 6.08. The molecule has 0 fully saturated rings. The van der Waals surface area contributed by atoms with Crippen LogP contribution in [0.15, 0.2) is 71.1 Å². The van der Waals surface area contributed by atoms with Crippen molar-refractivity contribution >= 4 is 33.6 Å². The molecule has 2 amide bonds. The van der Waals surface area contributed by atoms with Crippen molar-refractivity contribution in [2.24, 2.45) is 0 Å². The molecule has 4 aromatic rings. The number of rotatable bonds is 2. The lowest BCUT2D eigenvalue weighted by Crippen LogP contribution is -2.41. The quantitative estimate of drug-likeness (QED) is 0.541. The Bertz CT molecular complexity index is 1140. The second-order valence-electron chi connectivity index (χ2n) is 5.99. The summed E-state index contributed by atoms with van der Waals surface area (Å²) in [5, 5.41) is 2.65. The van der Waals surface area contributed by atoms with Crippen LogP contribution in [-0.2, 0) is 0 Å². The number of furan rings is 1. The molecule has 1 aromatic heterocycles. The van der Waals surface area contributed by atoms with Crippen molar-refractivity contribution in [2.75, 3.05) is 0 Å². The number of aryl methyl sites for hydroxylation is 1. The summed E-state index contributed by atoms with van der Waals surface area (Å²) >= 11 is 0. The Morgan fingerprint density at radius 2 is 1.42 bits per heavy atom. The minimum Gasteiger partial charge on any atom is -0.451 e. The highest BCUT2D eigenvalue weighted by atomic mass is 16.3. The van der Waals surface area contributed by atoms with Crippen molar-refractivity contribution in [2.45, 2.75) is 6.92 Å². The van der Waals surface area contributed by atoms with Gasteiger partial charge in [0.1, 0.15) is 5.58 Å². The van der Waals surface area contributed by atoms with Gasteiger partial charge in [-0.15, -0.1) is 0 Å². The Labute approximate surface area is 149 Å². The van der Waals surface area contributed by atoms with Gasteiger partial charge in [-0.3, -0.25) is 20.4 Å². The maximum absolute atomic E-state index is 12.5. The Morgan fingerprint density at radius 1 is 0.769 bits per heavy atom. The van der Waals surface area contributed by atoms with Crippen LogP contribution in [0.2, 0.25) is 0 Å². The first-order valence-electron chi connectivity index (χ1n) is 8.22. The Hall–Kier alpha value is -3.60. The van der Waals surface area contributed by atoms with E-state index in [1.54, 1.807) is 12.1 Å². The molecular weight excluding hydrogens is 328 g/mol. The molecule has 0 aliphatic carbocycles. The first-order chi connectivity index (χ1) is 12.6. The number of nitrogens with one attached hydrogen (secondary N) is 2. The van der Waals surface area contributed by atoms with Gasteiger partial charge in [0.25, 0.3) is 5.91 Å². The fourth-order valence-electron chi connectivity index (χ4n) is 3.05. The van der Waals surface area contributed by atoms with Gasteiger partial charge < -0.3 is 4.42 Å². The van der Waals surface area contributed by atoms with E-state index in [0.29, 0.717) is 11.1 Å². The molecule has 5 nitrogen and oxygen atoms in total. The van der Waals surface area contributed by atoms with E-state index in [9.17, 15) is 9.59 Å². The highest BCUT2D eigenvalue weighted by Gasteiger charge is 2.18. The number of benzene rings is 3. The first-order valence-corrected chi connectivity index (χ1v) is 8.22. The van der Waals surface area contributed by atoms with E-state index in [1.807, 2.05) is 61.5 Å². The van der Waals surface area contributed by atoms with Gasteiger partial charge in [-0.05, 0) is 29.8 Å². The van der Waals surface area contributed by atoms with Gasteiger partial charge in [0.15, 0.2) is 5.76 Å². The second-order valence-corrected chi connectivity index (χ2v) is 5.99. The van der Waals surface area contributed by atoms with Crippen molar-refractivity contribution in [3.63, 3.8) is 0 Å². The fourth-order valence-corrected chi connectivity index (χ4v) is 3.05. The Kier molecular flexibility index (Phi) is 3.89. The summed E-state index contributed by atoms with van der Waals surface area (Å²) in [6.45, 7) is 1.81. The van der Waals surface area contributed by atoms with Crippen LogP contribution in [-0.4, -0.2) is 11.8 Å². The molecular formula is C21H16N2O3. The molecule has 0 saturated heterocycles. The lowest BCUT2D eigenvalue weighted by Gasteiger charge is -2.09. The molecule has 26 heavy (non-hydrogen) atoms. The van der Waals surface area contributed by atoms with Crippen molar-refractivity contribution < 1.29 is 14.0 Å². The number of para-hydroxylation sites is 1. The maximum Gasteiger partial charge on any atom is 0.305 e. The van der Waals surface area contributed by atoms with Gasteiger partial charge in [0, 0.05) is 16.5 Å². The van der Waals surface area contributed by atoms with Crippen LogP contribution < -0.4 is 10.9 Å². The minimum absolute atomic E-state index is 0.185. The van der Waals surface area contributed by atoms with Crippen molar-refractivity contribution in [3.8, 4) is 0 Å². The summed E-state index contributed by atoms with van der Waals surface area (Å²) < 4.78 is 5.61. The standard InChI is InChI=1S/C21H16N2O3/c1-13-15-9-4-5-12-18(15)26-19(13)21(25)23-22-20(24)17-11-6-8-14-7-2-3-10-16(14)17/h2-12H,1H3,(H,22,24)(H,23,25). The molecule has 0 spiro atoms. The number of amides is 2. The van der Waals surface area contributed by atoms with Crippen LogP contribution in [0, 0.1) is 6.92 Å².